The predicted molar refractivity (Wildman–Crippen MR) is 125 cm³/mol. The Morgan fingerprint density at radius 3 is 2.31 bits per heavy atom. The molecule has 2 N–H and O–H groups in total. The number of carboxylic acid groups (broad SMARTS) is 1. The van der Waals surface area contributed by atoms with Crippen molar-refractivity contribution in [2.45, 2.75) is 5.92 Å². The van der Waals surface area contributed by atoms with E-state index in [-0.39, 0.29) is 25.6 Å². The number of thioether (sulfide) groups is 1. The Kier molecular flexibility index (Phi) is 8.33. The summed E-state index contributed by atoms with van der Waals surface area (Å²) >= 11 is 1.53. The number of carbonyl (C=O) groups excluding carboxylic acids is 2. The molecule has 0 spiro atoms. The van der Waals surface area contributed by atoms with E-state index < -0.39 is 18.0 Å². The summed E-state index contributed by atoms with van der Waals surface area (Å²) < 4.78 is 5.44. The van der Waals surface area contributed by atoms with Crippen LogP contribution in [0.1, 0.15) is 17.0 Å². The van der Waals surface area contributed by atoms with Crippen molar-refractivity contribution in [3.8, 4) is 11.1 Å². The number of aliphatic carboxylic acids is 1. The van der Waals surface area contributed by atoms with Crippen LogP contribution in [-0.4, -0.2) is 66.2 Å². The predicted octanol–water partition coefficient (Wildman–Crippen LogP) is 3.36. The van der Waals surface area contributed by atoms with Crippen LogP contribution in [0.4, 0.5) is 4.79 Å². The number of nitrogens with one attached hydrogen (secondary N) is 1. The van der Waals surface area contributed by atoms with Crippen LogP contribution in [0.15, 0.2) is 60.7 Å². The van der Waals surface area contributed by atoms with Gasteiger partial charge in [0, 0.05) is 30.8 Å². The lowest BCUT2D eigenvalue weighted by Gasteiger charge is -2.18. The highest BCUT2D eigenvalue weighted by molar-refractivity contribution is 7.98. The highest BCUT2D eigenvalue weighted by atomic mass is 32.2. The average molecular weight is 455 g/mol. The normalized spacial score (nSPS) is 12.3. The maximum Gasteiger partial charge on any atom is 0.407 e. The molecular formula is C24H26N2O5S. The van der Waals surface area contributed by atoms with Crippen LogP contribution >= 0.6 is 11.8 Å². The third kappa shape index (κ3) is 5.91. The van der Waals surface area contributed by atoms with Crippen molar-refractivity contribution in [2.24, 2.45) is 0 Å². The number of rotatable bonds is 10. The van der Waals surface area contributed by atoms with E-state index in [2.05, 4.69) is 29.6 Å². The average Bonchev–Trinajstić information content (AvgIpc) is 3.11. The first-order valence-corrected chi connectivity index (χ1v) is 11.7. The fourth-order valence-corrected chi connectivity index (χ4v) is 4.09. The molecule has 168 valence electrons. The number of carbonyl (C=O) groups is 3. The molecule has 0 fully saturated rings. The van der Waals surface area contributed by atoms with E-state index in [1.54, 1.807) is 0 Å². The van der Waals surface area contributed by atoms with Gasteiger partial charge in [-0.15, -0.1) is 0 Å². The van der Waals surface area contributed by atoms with Crippen LogP contribution in [0, 0.1) is 0 Å². The molecule has 2 aromatic rings. The van der Waals surface area contributed by atoms with Gasteiger partial charge < -0.3 is 20.1 Å². The Morgan fingerprint density at radius 2 is 1.72 bits per heavy atom. The van der Waals surface area contributed by atoms with Gasteiger partial charge in [-0.05, 0) is 28.5 Å². The van der Waals surface area contributed by atoms with Crippen molar-refractivity contribution in [2.75, 3.05) is 38.2 Å². The van der Waals surface area contributed by atoms with Crippen LogP contribution < -0.4 is 5.32 Å². The number of nitrogens with zero attached hydrogens (tertiary/aromatic N) is 1. The van der Waals surface area contributed by atoms with Gasteiger partial charge in [-0.2, -0.15) is 11.8 Å². The van der Waals surface area contributed by atoms with Gasteiger partial charge in [-0.3, -0.25) is 9.59 Å². The fourth-order valence-electron chi connectivity index (χ4n) is 3.69. The van der Waals surface area contributed by atoms with E-state index in [0.29, 0.717) is 12.3 Å². The van der Waals surface area contributed by atoms with E-state index in [0.717, 1.165) is 22.3 Å². The molecule has 0 aliphatic heterocycles. The molecule has 0 bridgehead atoms. The Bertz CT molecular complexity index is 962. The first kappa shape index (κ1) is 23.4. The highest BCUT2D eigenvalue weighted by Crippen LogP contribution is 2.44. The van der Waals surface area contributed by atoms with Gasteiger partial charge in [0.05, 0.1) is 0 Å². The van der Waals surface area contributed by atoms with E-state index in [1.807, 2.05) is 30.5 Å². The minimum Gasteiger partial charge on any atom is -0.480 e. The number of carboxylic acids is 1. The monoisotopic (exact) mass is 454 g/mol. The van der Waals surface area contributed by atoms with Crippen LogP contribution in [0.2, 0.25) is 0 Å². The molecule has 0 heterocycles. The molecule has 2 aromatic carbocycles. The SMILES string of the molecule is CSCCN(CC(=O)O)C(=O)/C=C/CNC(=O)OCC1c2ccccc2-c2ccccc21. The number of alkyl carbamates (subject to hydrolysis) is 1. The van der Waals surface area contributed by atoms with E-state index in [1.165, 1.54) is 28.8 Å². The highest BCUT2D eigenvalue weighted by Gasteiger charge is 2.28. The smallest absolute Gasteiger partial charge is 0.407 e. The van der Waals surface area contributed by atoms with Crippen LogP contribution in [0.3, 0.4) is 0 Å². The van der Waals surface area contributed by atoms with Gasteiger partial charge in [-0.25, -0.2) is 4.79 Å². The zero-order valence-electron chi connectivity index (χ0n) is 17.8. The summed E-state index contributed by atoms with van der Waals surface area (Å²) in [6.07, 6.45) is 4.07. The lowest BCUT2D eigenvalue weighted by atomic mass is 9.98. The third-order valence-corrected chi connectivity index (χ3v) is 5.76. The van der Waals surface area contributed by atoms with Crippen LogP contribution in [0.25, 0.3) is 11.1 Å². The molecular weight excluding hydrogens is 428 g/mol. The molecule has 1 aliphatic rings. The number of fused-ring (bicyclic) bond motifs is 3. The molecule has 0 unspecified atom stereocenters. The molecule has 0 aromatic heterocycles. The maximum absolute atomic E-state index is 12.2. The van der Waals surface area contributed by atoms with Crippen molar-refractivity contribution in [3.63, 3.8) is 0 Å². The Hall–Kier alpha value is -3.26. The standard InChI is InChI=1S/C24H26N2O5S/c1-32-14-13-26(15-23(28)29)22(27)11-6-12-25-24(30)31-16-21-19-9-4-2-7-17(19)18-8-3-5-10-20(18)21/h2-11,21H,12-16H2,1H3,(H,25,30)(H,28,29)/b11-6+. The van der Waals surface area contributed by atoms with Gasteiger partial charge in [0.15, 0.2) is 0 Å². The number of benzene rings is 2. The summed E-state index contributed by atoms with van der Waals surface area (Å²) in [7, 11) is 0. The Balaban J connectivity index is 1.49. The quantitative estimate of drug-likeness (QED) is 0.535. The van der Waals surface area contributed by atoms with Gasteiger partial charge in [0.1, 0.15) is 13.2 Å². The van der Waals surface area contributed by atoms with E-state index >= 15 is 0 Å². The Labute approximate surface area is 191 Å². The molecule has 2 amide bonds. The number of amides is 2. The largest absolute Gasteiger partial charge is 0.480 e. The van der Waals surface area contributed by atoms with Crippen molar-refractivity contribution < 1.29 is 24.2 Å². The molecule has 0 radical (unpaired) electrons. The summed E-state index contributed by atoms with van der Waals surface area (Å²) in [5, 5.41) is 11.5. The van der Waals surface area contributed by atoms with Crippen LogP contribution in [0.5, 0.6) is 0 Å². The van der Waals surface area contributed by atoms with Gasteiger partial charge in [0.25, 0.3) is 0 Å². The van der Waals surface area contributed by atoms with Gasteiger partial charge in [0.2, 0.25) is 5.91 Å². The maximum atomic E-state index is 12.2. The molecule has 0 saturated carbocycles. The summed E-state index contributed by atoms with van der Waals surface area (Å²) in [6, 6.07) is 16.2. The molecule has 7 nitrogen and oxygen atoms in total. The zero-order chi connectivity index (χ0) is 22.9. The first-order chi connectivity index (χ1) is 15.5. The van der Waals surface area contributed by atoms with E-state index in [4.69, 9.17) is 9.84 Å². The number of hydrogen-bond donors (Lipinski definition) is 2. The minimum absolute atomic E-state index is 0.0220. The second-order valence-electron chi connectivity index (χ2n) is 7.26. The molecule has 8 heteroatoms. The second kappa shape index (κ2) is 11.4. The number of hydrogen-bond acceptors (Lipinski definition) is 5. The summed E-state index contributed by atoms with van der Waals surface area (Å²) in [5.41, 5.74) is 4.59. The molecule has 0 saturated heterocycles. The van der Waals surface area contributed by atoms with Crippen molar-refractivity contribution >= 4 is 29.7 Å². The third-order valence-electron chi connectivity index (χ3n) is 5.17. The molecule has 1 aliphatic carbocycles. The number of ether oxygens (including phenoxy) is 1. The lowest BCUT2D eigenvalue weighted by molar-refractivity contribution is -0.142. The van der Waals surface area contributed by atoms with E-state index in [9.17, 15) is 14.4 Å². The first-order valence-electron chi connectivity index (χ1n) is 10.3. The van der Waals surface area contributed by atoms with Crippen LogP contribution in [-0.2, 0) is 14.3 Å². The molecule has 3 rings (SSSR count). The topological polar surface area (TPSA) is 95.9 Å². The summed E-state index contributed by atoms with van der Waals surface area (Å²) in [4.78, 5) is 36.5. The van der Waals surface area contributed by atoms with Gasteiger partial charge >= 0.3 is 12.1 Å². The fraction of sp³-hybridized carbons (Fsp3) is 0.292. The molecule has 32 heavy (non-hydrogen) atoms. The summed E-state index contributed by atoms with van der Waals surface area (Å²) in [6.45, 7) is 0.301. The molecule has 0 atom stereocenters. The Morgan fingerprint density at radius 1 is 1.09 bits per heavy atom. The minimum atomic E-state index is -1.07. The second-order valence-corrected chi connectivity index (χ2v) is 8.24. The lowest BCUT2D eigenvalue weighted by Crippen LogP contribution is -2.36. The zero-order valence-corrected chi connectivity index (χ0v) is 18.6. The van der Waals surface area contributed by atoms with Gasteiger partial charge in [-0.1, -0.05) is 54.6 Å². The van der Waals surface area contributed by atoms with Crippen molar-refractivity contribution in [3.05, 3.63) is 71.8 Å². The van der Waals surface area contributed by atoms with Crippen molar-refractivity contribution in [1.82, 2.24) is 10.2 Å². The van der Waals surface area contributed by atoms with Crippen molar-refractivity contribution in [1.29, 1.82) is 0 Å². The summed E-state index contributed by atoms with van der Waals surface area (Å²) in [5.74, 6) is -0.850.